The van der Waals surface area contributed by atoms with E-state index in [1.807, 2.05) is 35.4 Å². The fourth-order valence-corrected chi connectivity index (χ4v) is 3.30. The number of rotatable bonds is 3. The lowest BCUT2D eigenvalue weighted by Gasteiger charge is -2.20. The van der Waals surface area contributed by atoms with Gasteiger partial charge in [-0.15, -0.1) is 11.3 Å². The molecule has 0 unspecified atom stereocenters. The van der Waals surface area contributed by atoms with Crippen molar-refractivity contribution in [2.75, 3.05) is 26.2 Å². The van der Waals surface area contributed by atoms with Gasteiger partial charge in [-0.3, -0.25) is 9.69 Å². The smallest absolute Gasteiger partial charge is 0.263 e. The van der Waals surface area contributed by atoms with E-state index in [9.17, 15) is 4.79 Å². The summed E-state index contributed by atoms with van der Waals surface area (Å²) in [5.74, 6) is 0.999. The van der Waals surface area contributed by atoms with E-state index in [-0.39, 0.29) is 5.91 Å². The van der Waals surface area contributed by atoms with Crippen molar-refractivity contribution in [2.45, 2.75) is 19.9 Å². The highest BCUT2D eigenvalue weighted by molar-refractivity contribution is 7.12. The third-order valence-electron chi connectivity index (χ3n) is 3.67. The Labute approximate surface area is 128 Å². The molecule has 0 aromatic carbocycles. The minimum absolute atomic E-state index is 0.157. The Bertz CT molecular complexity index is 594. The standard InChI is InChI=1S/C15H19N3O2S/c1-12-10-13(16-20-12)11-17-5-3-6-18(8-7-17)15(19)14-4-2-9-21-14/h2,4,9-10H,3,5-8,11H2,1H3. The summed E-state index contributed by atoms with van der Waals surface area (Å²) in [5.41, 5.74) is 0.963. The van der Waals surface area contributed by atoms with Crippen LogP contribution in [0.15, 0.2) is 28.1 Å². The highest BCUT2D eigenvalue weighted by Crippen LogP contribution is 2.15. The fraction of sp³-hybridized carbons (Fsp3) is 0.467. The first-order valence-corrected chi connectivity index (χ1v) is 8.07. The molecular weight excluding hydrogens is 286 g/mol. The van der Waals surface area contributed by atoms with Crippen LogP contribution >= 0.6 is 11.3 Å². The molecule has 0 atom stereocenters. The monoisotopic (exact) mass is 305 g/mol. The van der Waals surface area contributed by atoms with E-state index < -0.39 is 0 Å². The summed E-state index contributed by atoms with van der Waals surface area (Å²) in [5, 5.41) is 5.99. The van der Waals surface area contributed by atoms with Gasteiger partial charge in [0.1, 0.15) is 5.76 Å². The number of hydrogen-bond acceptors (Lipinski definition) is 5. The average Bonchev–Trinajstić information content (AvgIpc) is 3.08. The lowest BCUT2D eigenvalue weighted by molar-refractivity contribution is 0.0766. The highest BCUT2D eigenvalue weighted by atomic mass is 32.1. The molecule has 112 valence electrons. The maximum atomic E-state index is 12.4. The third kappa shape index (κ3) is 3.51. The molecule has 0 radical (unpaired) electrons. The van der Waals surface area contributed by atoms with Crippen LogP contribution in [0.1, 0.15) is 27.5 Å². The van der Waals surface area contributed by atoms with Crippen molar-refractivity contribution in [1.29, 1.82) is 0 Å². The molecule has 3 rings (SSSR count). The van der Waals surface area contributed by atoms with Crippen molar-refractivity contribution in [2.24, 2.45) is 0 Å². The van der Waals surface area contributed by atoms with Gasteiger partial charge < -0.3 is 9.42 Å². The van der Waals surface area contributed by atoms with Crippen LogP contribution in [0.4, 0.5) is 0 Å². The van der Waals surface area contributed by atoms with E-state index in [1.165, 1.54) is 11.3 Å². The number of carbonyl (C=O) groups is 1. The second-order valence-corrected chi connectivity index (χ2v) is 6.28. The van der Waals surface area contributed by atoms with Gasteiger partial charge in [-0.25, -0.2) is 0 Å². The predicted molar refractivity (Wildman–Crippen MR) is 81.4 cm³/mol. The average molecular weight is 305 g/mol. The summed E-state index contributed by atoms with van der Waals surface area (Å²) < 4.78 is 5.11. The van der Waals surface area contributed by atoms with E-state index in [0.717, 1.165) is 55.5 Å². The number of amides is 1. The fourth-order valence-electron chi connectivity index (χ4n) is 2.61. The molecule has 1 saturated heterocycles. The third-order valence-corrected chi connectivity index (χ3v) is 4.53. The molecular formula is C15H19N3O2S. The van der Waals surface area contributed by atoms with Crippen LogP contribution < -0.4 is 0 Å². The van der Waals surface area contributed by atoms with Gasteiger partial charge in [-0.2, -0.15) is 0 Å². The zero-order chi connectivity index (χ0) is 14.7. The van der Waals surface area contributed by atoms with E-state index in [4.69, 9.17) is 4.52 Å². The van der Waals surface area contributed by atoms with E-state index >= 15 is 0 Å². The van der Waals surface area contributed by atoms with Gasteiger partial charge in [-0.05, 0) is 24.8 Å². The molecule has 21 heavy (non-hydrogen) atoms. The Morgan fingerprint density at radius 2 is 2.29 bits per heavy atom. The highest BCUT2D eigenvalue weighted by Gasteiger charge is 2.21. The predicted octanol–water partition coefficient (Wildman–Crippen LogP) is 2.39. The molecule has 1 amide bonds. The van der Waals surface area contributed by atoms with E-state index in [2.05, 4.69) is 10.1 Å². The number of aryl methyl sites for hydroxylation is 1. The van der Waals surface area contributed by atoms with Gasteiger partial charge in [0, 0.05) is 38.8 Å². The Hall–Kier alpha value is -1.66. The summed E-state index contributed by atoms with van der Waals surface area (Å²) in [7, 11) is 0. The van der Waals surface area contributed by atoms with E-state index in [0.29, 0.717) is 0 Å². The molecule has 5 nitrogen and oxygen atoms in total. The Kier molecular flexibility index (Phi) is 4.36. The molecule has 1 aliphatic heterocycles. The van der Waals surface area contributed by atoms with Crippen LogP contribution in [0, 0.1) is 6.92 Å². The summed E-state index contributed by atoms with van der Waals surface area (Å²) in [6.07, 6.45) is 0.994. The summed E-state index contributed by atoms with van der Waals surface area (Å²) in [6.45, 7) is 6.15. The van der Waals surface area contributed by atoms with Crippen molar-refractivity contribution >= 4 is 17.2 Å². The van der Waals surface area contributed by atoms with Crippen LogP contribution in [-0.2, 0) is 6.54 Å². The second-order valence-electron chi connectivity index (χ2n) is 5.33. The maximum absolute atomic E-state index is 12.4. The van der Waals surface area contributed by atoms with Crippen LogP contribution in [0.5, 0.6) is 0 Å². The molecule has 6 heteroatoms. The van der Waals surface area contributed by atoms with Gasteiger partial charge in [0.25, 0.3) is 5.91 Å². The van der Waals surface area contributed by atoms with Crippen LogP contribution in [0.2, 0.25) is 0 Å². The van der Waals surface area contributed by atoms with Gasteiger partial charge in [-0.1, -0.05) is 11.2 Å². The van der Waals surface area contributed by atoms with Crippen LogP contribution in [0.3, 0.4) is 0 Å². The summed E-state index contributed by atoms with van der Waals surface area (Å²) in [4.78, 5) is 17.5. The van der Waals surface area contributed by atoms with Crippen LogP contribution in [0.25, 0.3) is 0 Å². The van der Waals surface area contributed by atoms with Crippen molar-refractivity contribution in [1.82, 2.24) is 15.0 Å². The Balaban J connectivity index is 1.58. The molecule has 1 fully saturated rings. The zero-order valence-corrected chi connectivity index (χ0v) is 12.9. The van der Waals surface area contributed by atoms with Gasteiger partial charge in [0.15, 0.2) is 0 Å². The minimum atomic E-state index is 0.157. The number of carbonyl (C=O) groups excluding carboxylic acids is 1. The number of hydrogen-bond donors (Lipinski definition) is 0. The Morgan fingerprint density at radius 1 is 1.38 bits per heavy atom. The van der Waals surface area contributed by atoms with Crippen LogP contribution in [-0.4, -0.2) is 47.0 Å². The normalized spacial score (nSPS) is 16.9. The molecule has 2 aromatic rings. The second kappa shape index (κ2) is 6.41. The number of aromatic nitrogens is 1. The first kappa shape index (κ1) is 14.3. The molecule has 0 aliphatic carbocycles. The van der Waals surface area contributed by atoms with Crippen molar-refractivity contribution in [3.8, 4) is 0 Å². The van der Waals surface area contributed by atoms with Crippen molar-refractivity contribution < 1.29 is 9.32 Å². The SMILES string of the molecule is Cc1cc(CN2CCCN(C(=O)c3cccs3)CC2)no1. The lowest BCUT2D eigenvalue weighted by Crippen LogP contribution is -2.34. The molecule has 3 heterocycles. The van der Waals surface area contributed by atoms with Gasteiger partial charge >= 0.3 is 0 Å². The summed E-state index contributed by atoms with van der Waals surface area (Å²) >= 11 is 1.51. The molecule has 0 N–H and O–H groups in total. The van der Waals surface area contributed by atoms with Gasteiger partial charge in [0.05, 0.1) is 10.6 Å². The topological polar surface area (TPSA) is 49.6 Å². The summed E-state index contributed by atoms with van der Waals surface area (Å²) in [6, 6.07) is 5.79. The largest absolute Gasteiger partial charge is 0.361 e. The van der Waals surface area contributed by atoms with Gasteiger partial charge in [0.2, 0.25) is 0 Å². The molecule has 0 bridgehead atoms. The Morgan fingerprint density at radius 3 is 3.00 bits per heavy atom. The number of nitrogens with zero attached hydrogens (tertiary/aromatic N) is 3. The molecule has 1 aliphatic rings. The number of thiophene rings is 1. The first-order chi connectivity index (χ1) is 10.2. The minimum Gasteiger partial charge on any atom is -0.361 e. The molecule has 0 saturated carbocycles. The molecule has 2 aromatic heterocycles. The lowest BCUT2D eigenvalue weighted by atomic mass is 10.3. The van der Waals surface area contributed by atoms with E-state index in [1.54, 1.807) is 0 Å². The first-order valence-electron chi connectivity index (χ1n) is 7.20. The van der Waals surface area contributed by atoms with Crippen molar-refractivity contribution in [3.05, 3.63) is 39.9 Å². The quantitative estimate of drug-likeness (QED) is 0.873. The van der Waals surface area contributed by atoms with Crippen molar-refractivity contribution in [3.63, 3.8) is 0 Å². The zero-order valence-electron chi connectivity index (χ0n) is 12.1. The molecule has 0 spiro atoms. The maximum Gasteiger partial charge on any atom is 0.263 e.